The van der Waals surface area contributed by atoms with Crippen LogP contribution in [0.4, 0.5) is 0 Å². The number of Topliss-reactive ketones (excluding diaryl/α,β-unsaturated/α-hetero) is 4. The Bertz CT molecular complexity index is 569. The van der Waals surface area contributed by atoms with Crippen LogP contribution in [-0.2, 0) is 23.9 Å². The summed E-state index contributed by atoms with van der Waals surface area (Å²) in [6.45, 7) is 2.35. The highest BCUT2D eigenvalue weighted by Crippen LogP contribution is 2.44. The fraction of sp³-hybridized carbons (Fsp3) is 0.714. The minimum Gasteiger partial charge on any atom is -0.386 e. The molecule has 23 heavy (non-hydrogen) atoms. The second kappa shape index (κ2) is 5.84. The molecule has 9 nitrogen and oxygen atoms in total. The van der Waals surface area contributed by atoms with E-state index in [1.54, 1.807) is 0 Å². The zero-order valence-electron chi connectivity index (χ0n) is 13.2. The highest BCUT2D eigenvalue weighted by atomic mass is 16.5. The van der Waals surface area contributed by atoms with Gasteiger partial charge in [-0.05, 0) is 27.7 Å². The van der Waals surface area contributed by atoms with E-state index in [0.717, 1.165) is 27.7 Å². The van der Waals surface area contributed by atoms with Gasteiger partial charge in [-0.15, -0.1) is 0 Å². The Labute approximate surface area is 131 Å². The lowest BCUT2D eigenvalue weighted by Crippen LogP contribution is -2.84. The molecule has 1 heterocycles. The van der Waals surface area contributed by atoms with E-state index in [1.165, 1.54) is 0 Å². The number of ether oxygens (including phenoxy) is 1. The predicted molar refractivity (Wildman–Crippen MR) is 73.3 cm³/mol. The summed E-state index contributed by atoms with van der Waals surface area (Å²) >= 11 is 0. The van der Waals surface area contributed by atoms with E-state index in [9.17, 15) is 39.6 Å². The predicted octanol–water partition coefficient (Wildman–Crippen LogP) is -2.70. The lowest BCUT2D eigenvalue weighted by Gasteiger charge is -2.54. The first-order valence-electron chi connectivity index (χ1n) is 6.82. The fourth-order valence-electron chi connectivity index (χ4n) is 2.80. The molecule has 0 aromatic rings. The van der Waals surface area contributed by atoms with Gasteiger partial charge in [0.1, 0.15) is 6.10 Å². The number of aliphatic hydroxyl groups is 4. The lowest BCUT2D eigenvalue weighted by molar-refractivity contribution is -0.290. The van der Waals surface area contributed by atoms with E-state index < -0.39 is 58.8 Å². The molecule has 0 saturated carbocycles. The van der Waals surface area contributed by atoms with E-state index in [0.29, 0.717) is 0 Å². The molecular weight excluding hydrogens is 312 g/mol. The third kappa shape index (κ3) is 2.36. The van der Waals surface area contributed by atoms with Gasteiger partial charge in [-0.2, -0.15) is 0 Å². The van der Waals surface area contributed by atoms with Crippen molar-refractivity contribution >= 4 is 23.1 Å². The number of hydrogen-bond donors (Lipinski definition) is 4. The van der Waals surface area contributed by atoms with Gasteiger partial charge >= 0.3 is 0 Å². The molecule has 9 heteroatoms. The number of ketones is 4. The number of hydrogen-bond acceptors (Lipinski definition) is 9. The molecule has 0 aromatic carbocycles. The van der Waals surface area contributed by atoms with E-state index >= 15 is 0 Å². The topological polar surface area (TPSA) is 158 Å². The molecule has 5 atom stereocenters. The monoisotopic (exact) mass is 332 g/mol. The van der Waals surface area contributed by atoms with Crippen molar-refractivity contribution in [2.45, 2.75) is 56.7 Å². The van der Waals surface area contributed by atoms with E-state index in [1.807, 2.05) is 0 Å². The molecule has 4 N–H and O–H groups in total. The average Bonchev–Trinajstić information content (AvgIpc) is 2.43. The Morgan fingerprint density at radius 3 is 1.78 bits per heavy atom. The minimum atomic E-state index is -3.31. The van der Waals surface area contributed by atoms with Gasteiger partial charge in [-0.25, -0.2) is 0 Å². The molecule has 1 saturated heterocycles. The van der Waals surface area contributed by atoms with Crippen molar-refractivity contribution < 1.29 is 44.3 Å². The molecular formula is C14H20O9. The summed E-state index contributed by atoms with van der Waals surface area (Å²) in [5, 5.41) is 41.3. The van der Waals surface area contributed by atoms with Gasteiger partial charge in [0.25, 0.3) is 0 Å². The summed E-state index contributed by atoms with van der Waals surface area (Å²) in [6, 6.07) is 0. The zero-order valence-corrected chi connectivity index (χ0v) is 13.2. The molecule has 1 fully saturated rings. The highest BCUT2D eigenvalue weighted by Gasteiger charge is 2.76. The van der Waals surface area contributed by atoms with Crippen molar-refractivity contribution in [2.75, 3.05) is 6.61 Å². The average molecular weight is 332 g/mol. The second-order valence-corrected chi connectivity index (χ2v) is 5.78. The summed E-state index contributed by atoms with van der Waals surface area (Å²) in [4.78, 5) is 47.8. The van der Waals surface area contributed by atoms with Crippen LogP contribution in [0.15, 0.2) is 0 Å². The molecule has 0 aliphatic carbocycles. The molecule has 0 amide bonds. The van der Waals surface area contributed by atoms with Crippen molar-refractivity contribution in [3.05, 3.63) is 0 Å². The van der Waals surface area contributed by atoms with E-state index in [4.69, 9.17) is 4.74 Å². The summed E-state index contributed by atoms with van der Waals surface area (Å²) in [5.74, 6) is -4.92. The lowest BCUT2D eigenvalue weighted by atomic mass is 9.61. The van der Waals surface area contributed by atoms with E-state index in [-0.39, 0.29) is 0 Å². The van der Waals surface area contributed by atoms with Crippen LogP contribution in [-0.4, -0.2) is 79.2 Å². The Balaban J connectivity index is 3.74. The maximum absolute atomic E-state index is 12.0. The second-order valence-electron chi connectivity index (χ2n) is 5.78. The van der Waals surface area contributed by atoms with Crippen molar-refractivity contribution in [3.63, 3.8) is 0 Å². The van der Waals surface area contributed by atoms with Crippen molar-refractivity contribution in [2.24, 2.45) is 0 Å². The van der Waals surface area contributed by atoms with Crippen LogP contribution < -0.4 is 0 Å². The standard InChI is InChI=1S/C14H20O9/c1-6(15)10(19)11-13(21,8(3)17)14(22,9(4)18)12(20,5-23-11)7(2)16/h6,11,15,20-22H,5H2,1-4H3/t6?,11-,12-,13+,14-/m1/s1. The quantitative estimate of drug-likeness (QED) is 0.420. The largest absolute Gasteiger partial charge is 0.386 e. The Morgan fingerprint density at radius 1 is 1.00 bits per heavy atom. The number of carbonyl (C=O) groups is 4. The third-order valence-electron chi connectivity index (χ3n) is 4.29. The van der Waals surface area contributed by atoms with Gasteiger partial charge in [-0.1, -0.05) is 0 Å². The first-order chi connectivity index (χ1) is 10.3. The molecule has 1 rings (SSSR count). The van der Waals surface area contributed by atoms with Crippen molar-refractivity contribution in [1.29, 1.82) is 0 Å². The molecule has 130 valence electrons. The van der Waals surface area contributed by atoms with Gasteiger partial charge in [0.05, 0.1) is 6.61 Å². The molecule has 0 bridgehead atoms. The zero-order chi connectivity index (χ0) is 18.4. The Morgan fingerprint density at radius 2 is 1.48 bits per heavy atom. The maximum Gasteiger partial charge on any atom is 0.199 e. The van der Waals surface area contributed by atoms with Crippen LogP contribution >= 0.6 is 0 Å². The van der Waals surface area contributed by atoms with Crippen LogP contribution in [0.3, 0.4) is 0 Å². The van der Waals surface area contributed by atoms with Gasteiger partial charge in [0, 0.05) is 0 Å². The SMILES string of the molecule is CC(=O)[C@@]1(O)[C@](O)(C(C)=O)CO[C@H](C(=O)C(C)O)[C@@]1(O)C(C)=O. The summed E-state index contributed by atoms with van der Waals surface area (Å²) in [5.41, 5.74) is -9.49. The van der Waals surface area contributed by atoms with E-state index in [2.05, 4.69) is 0 Å². The molecule has 1 aliphatic rings. The van der Waals surface area contributed by atoms with Gasteiger partial charge in [0.15, 0.2) is 46.0 Å². The van der Waals surface area contributed by atoms with Gasteiger partial charge in [-0.3, -0.25) is 19.2 Å². The first-order valence-corrected chi connectivity index (χ1v) is 6.82. The Hall–Kier alpha value is -1.52. The number of aliphatic hydroxyl groups excluding tert-OH is 1. The molecule has 0 aromatic heterocycles. The molecule has 0 spiro atoms. The van der Waals surface area contributed by atoms with Crippen molar-refractivity contribution in [3.8, 4) is 0 Å². The fourth-order valence-corrected chi connectivity index (χ4v) is 2.80. The molecule has 0 radical (unpaired) electrons. The normalized spacial score (nSPS) is 38.7. The summed E-state index contributed by atoms with van der Waals surface area (Å²) in [6.07, 6.45) is -3.82. The van der Waals surface area contributed by atoms with Crippen LogP contribution in [0.2, 0.25) is 0 Å². The van der Waals surface area contributed by atoms with Crippen LogP contribution in [0, 0.1) is 0 Å². The number of rotatable bonds is 5. The molecule has 1 aliphatic heterocycles. The van der Waals surface area contributed by atoms with Gasteiger partial charge in [0.2, 0.25) is 0 Å². The first kappa shape index (κ1) is 19.5. The molecule has 1 unspecified atom stereocenters. The van der Waals surface area contributed by atoms with Crippen LogP contribution in [0.25, 0.3) is 0 Å². The number of carbonyl (C=O) groups excluding carboxylic acids is 4. The smallest absolute Gasteiger partial charge is 0.199 e. The minimum absolute atomic E-state index is 0.747. The summed E-state index contributed by atoms with van der Waals surface area (Å²) < 4.78 is 4.94. The highest BCUT2D eigenvalue weighted by molar-refractivity contribution is 6.08. The van der Waals surface area contributed by atoms with Gasteiger partial charge < -0.3 is 25.2 Å². The third-order valence-corrected chi connectivity index (χ3v) is 4.29. The van der Waals surface area contributed by atoms with Crippen LogP contribution in [0.5, 0.6) is 0 Å². The maximum atomic E-state index is 12.0. The Kier molecular flexibility index (Phi) is 4.96. The summed E-state index contributed by atoms with van der Waals surface area (Å²) in [7, 11) is 0. The van der Waals surface area contributed by atoms with Crippen molar-refractivity contribution in [1.82, 2.24) is 0 Å². The van der Waals surface area contributed by atoms with Crippen LogP contribution in [0.1, 0.15) is 27.7 Å².